The van der Waals surface area contributed by atoms with Gasteiger partial charge in [0.1, 0.15) is 35.0 Å². The molecular weight excluding hydrogens is 620 g/mol. The second-order valence-electron chi connectivity index (χ2n) is 9.75. The Morgan fingerprint density at radius 1 is 1.12 bits per heavy atom. The maximum absolute atomic E-state index is 14.7. The van der Waals surface area contributed by atoms with E-state index in [0.717, 1.165) is 6.92 Å². The summed E-state index contributed by atoms with van der Waals surface area (Å²) in [4.78, 5) is 24.9. The molecule has 3 N–H and O–H groups in total. The van der Waals surface area contributed by atoms with Crippen molar-refractivity contribution in [2.24, 2.45) is 0 Å². The number of carboxylic acid groups (broad SMARTS) is 1. The van der Waals surface area contributed by atoms with Gasteiger partial charge in [-0.15, -0.1) is 0 Å². The quantitative estimate of drug-likeness (QED) is 0.230. The first-order valence-corrected chi connectivity index (χ1v) is 13.5. The average molecular weight is 642 g/mol. The van der Waals surface area contributed by atoms with Crippen LogP contribution in [0.2, 0.25) is 10.0 Å². The van der Waals surface area contributed by atoms with Gasteiger partial charge < -0.3 is 20.5 Å². The van der Waals surface area contributed by atoms with E-state index in [-0.39, 0.29) is 22.0 Å². The summed E-state index contributed by atoms with van der Waals surface area (Å²) in [5.74, 6) is -5.48. The van der Waals surface area contributed by atoms with E-state index in [1.54, 1.807) is 12.1 Å². The number of nitrogens with zero attached hydrogens (tertiary/aromatic N) is 1. The van der Waals surface area contributed by atoms with Gasteiger partial charge in [-0.1, -0.05) is 35.3 Å². The molecule has 14 heteroatoms. The van der Waals surface area contributed by atoms with Gasteiger partial charge in [0.2, 0.25) is 0 Å². The first kappa shape index (κ1) is 31.8. The van der Waals surface area contributed by atoms with Crippen molar-refractivity contribution in [2.75, 3.05) is 11.9 Å². The van der Waals surface area contributed by atoms with Crippen LogP contribution in [0.5, 0.6) is 5.75 Å². The fourth-order valence-corrected chi connectivity index (χ4v) is 5.36. The number of hydrogen-bond donors (Lipinski definition) is 3. The van der Waals surface area contributed by atoms with Crippen LogP contribution in [-0.4, -0.2) is 41.8 Å². The molecule has 1 aliphatic rings. The van der Waals surface area contributed by atoms with Crippen molar-refractivity contribution in [3.63, 3.8) is 0 Å². The van der Waals surface area contributed by atoms with Crippen LogP contribution in [-0.2, 0) is 17.6 Å². The van der Waals surface area contributed by atoms with Crippen LogP contribution < -0.4 is 15.4 Å². The zero-order valence-electron chi connectivity index (χ0n) is 22.2. The van der Waals surface area contributed by atoms with Crippen LogP contribution in [0.3, 0.4) is 0 Å². The normalized spacial score (nSPS) is 14.1. The molecule has 0 saturated carbocycles. The highest BCUT2D eigenvalue weighted by Gasteiger charge is 2.36. The number of halogens is 7. The molecule has 1 heterocycles. The number of fused-ring (bicyclic) bond motifs is 1. The minimum Gasteiger partial charge on any atom is -0.493 e. The summed E-state index contributed by atoms with van der Waals surface area (Å²) in [6.45, 7) is 1.09. The lowest BCUT2D eigenvalue weighted by molar-refractivity contribution is -0.139. The third-order valence-corrected chi connectivity index (χ3v) is 7.38. The van der Waals surface area contributed by atoms with Gasteiger partial charge in [0, 0.05) is 23.2 Å². The largest absolute Gasteiger partial charge is 0.493 e. The standard InChI is InChI=1S/C29H22Cl2F5N3O4/c1-13(29(34,35)36)38-16-10-21(32)25(22(33)11-16)27(40)39-23(28(41)42)9-15-4-5-18(26-17(15)3-2-6-43-26)24-19(30)7-14(12-37)8-20(24)31/h4-5,7-8,10-11,13,23,38H,2-3,6,9H2,1H3,(H,39,40)(H,41,42). The number of ether oxygens (including phenoxy) is 1. The van der Waals surface area contributed by atoms with E-state index in [1.807, 2.05) is 11.4 Å². The van der Waals surface area contributed by atoms with E-state index in [9.17, 15) is 41.9 Å². The highest BCUT2D eigenvalue weighted by atomic mass is 35.5. The third kappa shape index (κ3) is 6.95. The van der Waals surface area contributed by atoms with Gasteiger partial charge in [0.15, 0.2) is 0 Å². The van der Waals surface area contributed by atoms with E-state index in [4.69, 9.17) is 27.9 Å². The van der Waals surface area contributed by atoms with Crippen molar-refractivity contribution in [3.8, 4) is 22.9 Å². The topological polar surface area (TPSA) is 111 Å². The summed E-state index contributed by atoms with van der Waals surface area (Å²) < 4.78 is 73.8. The van der Waals surface area contributed by atoms with Crippen LogP contribution in [0, 0.1) is 23.0 Å². The van der Waals surface area contributed by atoms with Crippen LogP contribution in [0.1, 0.15) is 40.4 Å². The summed E-state index contributed by atoms with van der Waals surface area (Å²) in [6.07, 6.45) is -3.93. The number of anilines is 1. The summed E-state index contributed by atoms with van der Waals surface area (Å²) >= 11 is 12.8. The van der Waals surface area contributed by atoms with E-state index in [2.05, 4.69) is 5.32 Å². The summed E-state index contributed by atoms with van der Waals surface area (Å²) in [5, 5.41) is 23.4. The van der Waals surface area contributed by atoms with Gasteiger partial charge in [0.05, 0.1) is 28.3 Å². The molecule has 0 radical (unpaired) electrons. The molecule has 2 unspecified atom stereocenters. The number of rotatable bonds is 8. The Kier molecular flexibility index (Phi) is 9.37. The molecule has 2 atom stereocenters. The average Bonchev–Trinajstić information content (AvgIpc) is 2.92. The number of nitrogens with one attached hydrogen (secondary N) is 2. The number of carboxylic acids is 1. The zero-order valence-corrected chi connectivity index (χ0v) is 23.7. The molecule has 226 valence electrons. The number of alkyl halides is 3. The highest BCUT2D eigenvalue weighted by molar-refractivity contribution is 6.39. The minimum atomic E-state index is -4.69. The molecule has 0 aliphatic carbocycles. The molecule has 1 amide bonds. The number of carbonyl (C=O) groups excluding carboxylic acids is 1. The molecule has 0 bridgehead atoms. The van der Waals surface area contributed by atoms with Gasteiger partial charge in [-0.05, 0) is 55.2 Å². The second kappa shape index (κ2) is 12.7. The van der Waals surface area contributed by atoms with E-state index in [0.29, 0.717) is 59.6 Å². The Morgan fingerprint density at radius 3 is 2.30 bits per heavy atom. The predicted octanol–water partition coefficient (Wildman–Crippen LogP) is 6.92. The molecule has 0 spiro atoms. The molecular formula is C29H22Cl2F5N3O4. The Labute approximate surface area is 252 Å². The van der Waals surface area contributed by atoms with Crippen LogP contribution in [0.25, 0.3) is 11.1 Å². The second-order valence-corrected chi connectivity index (χ2v) is 10.6. The molecule has 4 rings (SSSR count). The number of benzene rings is 3. The van der Waals surface area contributed by atoms with Crippen LogP contribution >= 0.6 is 23.2 Å². The van der Waals surface area contributed by atoms with Gasteiger partial charge in [0.25, 0.3) is 5.91 Å². The maximum atomic E-state index is 14.7. The van der Waals surface area contributed by atoms with Gasteiger partial charge >= 0.3 is 12.1 Å². The predicted molar refractivity (Wildman–Crippen MR) is 149 cm³/mol. The number of amides is 1. The lowest BCUT2D eigenvalue weighted by atomic mass is 9.90. The SMILES string of the molecule is CC(Nc1cc(F)c(C(=O)NC(Cc2ccc(-c3c(Cl)cc(C#N)cc3Cl)c3c2CCCO3)C(=O)O)c(F)c1)C(F)(F)F. The number of nitriles is 1. The molecule has 7 nitrogen and oxygen atoms in total. The lowest BCUT2D eigenvalue weighted by Crippen LogP contribution is -2.43. The zero-order chi connectivity index (χ0) is 31.6. The van der Waals surface area contributed by atoms with Gasteiger partial charge in [-0.3, -0.25) is 4.79 Å². The molecule has 3 aromatic rings. The first-order valence-electron chi connectivity index (χ1n) is 12.7. The summed E-state index contributed by atoms with van der Waals surface area (Å²) in [6, 6.07) is 5.30. The highest BCUT2D eigenvalue weighted by Crippen LogP contribution is 2.44. The van der Waals surface area contributed by atoms with Crippen LogP contribution in [0.4, 0.5) is 27.6 Å². The molecule has 1 aliphatic heterocycles. The number of hydrogen-bond acceptors (Lipinski definition) is 5. The van der Waals surface area contributed by atoms with Crippen molar-refractivity contribution in [2.45, 2.75) is 44.4 Å². The van der Waals surface area contributed by atoms with E-state index < -0.39 is 53.0 Å². The van der Waals surface area contributed by atoms with E-state index in [1.165, 1.54) is 12.1 Å². The first-order chi connectivity index (χ1) is 20.2. The Morgan fingerprint density at radius 2 is 1.74 bits per heavy atom. The molecule has 0 saturated heterocycles. The van der Waals surface area contributed by atoms with Crippen molar-refractivity contribution >= 4 is 40.8 Å². The van der Waals surface area contributed by atoms with Crippen molar-refractivity contribution in [1.29, 1.82) is 5.26 Å². The van der Waals surface area contributed by atoms with Crippen molar-refractivity contribution in [1.82, 2.24) is 5.32 Å². The summed E-state index contributed by atoms with van der Waals surface area (Å²) in [7, 11) is 0. The molecule has 3 aromatic carbocycles. The van der Waals surface area contributed by atoms with E-state index >= 15 is 0 Å². The Bertz CT molecular complexity index is 1600. The minimum absolute atomic E-state index is 0.196. The summed E-state index contributed by atoms with van der Waals surface area (Å²) in [5.41, 5.74) is 0.540. The van der Waals surface area contributed by atoms with Crippen molar-refractivity contribution in [3.05, 3.63) is 80.3 Å². The van der Waals surface area contributed by atoms with Gasteiger partial charge in [-0.25, -0.2) is 13.6 Å². The number of aliphatic carboxylic acids is 1. The smallest absolute Gasteiger partial charge is 0.408 e. The van der Waals surface area contributed by atoms with Crippen molar-refractivity contribution < 1.29 is 41.4 Å². The Hall–Kier alpha value is -4.08. The van der Waals surface area contributed by atoms with Crippen LogP contribution in [0.15, 0.2) is 36.4 Å². The molecule has 43 heavy (non-hydrogen) atoms. The van der Waals surface area contributed by atoms with Gasteiger partial charge in [-0.2, -0.15) is 18.4 Å². The monoisotopic (exact) mass is 641 g/mol. The Balaban J connectivity index is 1.62. The molecule has 0 fully saturated rings. The number of carbonyl (C=O) groups is 2. The fourth-order valence-electron chi connectivity index (χ4n) is 4.67. The molecule has 0 aromatic heterocycles. The lowest BCUT2D eigenvalue weighted by Gasteiger charge is -2.25. The maximum Gasteiger partial charge on any atom is 0.408 e. The third-order valence-electron chi connectivity index (χ3n) is 6.79. The fraction of sp³-hybridized carbons (Fsp3) is 0.276.